The van der Waals surface area contributed by atoms with E-state index in [1.54, 1.807) is 83.1 Å². The van der Waals surface area contributed by atoms with Crippen molar-refractivity contribution in [3.05, 3.63) is 0 Å². The van der Waals surface area contributed by atoms with Gasteiger partial charge in [0.1, 0.15) is 5.78 Å². The van der Waals surface area contributed by atoms with Crippen molar-refractivity contribution >= 4 is 34.9 Å². The van der Waals surface area contributed by atoms with E-state index in [4.69, 9.17) is 0 Å². The van der Waals surface area contributed by atoms with Gasteiger partial charge in [-0.05, 0) is 20.8 Å². The Balaban J connectivity index is 6.08. The monoisotopic (exact) mass is 579 g/mol. The first kappa shape index (κ1) is 38.6. The van der Waals surface area contributed by atoms with Crippen LogP contribution in [-0.2, 0) is 28.8 Å². The van der Waals surface area contributed by atoms with Gasteiger partial charge in [0.25, 0.3) is 0 Å². The van der Waals surface area contributed by atoms with Crippen LogP contribution in [0.3, 0.4) is 0 Å². The molecule has 3 atom stereocenters. The van der Waals surface area contributed by atoms with Gasteiger partial charge in [0.15, 0.2) is 17.3 Å². The molecule has 0 aliphatic carbocycles. The molecule has 9 nitrogen and oxygen atoms in total. The van der Waals surface area contributed by atoms with E-state index in [-0.39, 0.29) is 36.0 Å². The first-order valence-electron chi connectivity index (χ1n) is 14.5. The summed E-state index contributed by atoms with van der Waals surface area (Å²) in [5, 5.41) is 8.55. The average molecular weight is 580 g/mol. The summed E-state index contributed by atoms with van der Waals surface area (Å²) in [5.74, 6) is -2.18. The van der Waals surface area contributed by atoms with Gasteiger partial charge in [0.2, 0.25) is 11.8 Å². The van der Waals surface area contributed by atoms with Gasteiger partial charge in [-0.3, -0.25) is 28.8 Å². The van der Waals surface area contributed by atoms with Crippen molar-refractivity contribution in [3.8, 4) is 0 Å². The van der Waals surface area contributed by atoms with Crippen molar-refractivity contribution in [1.82, 2.24) is 16.0 Å². The van der Waals surface area contributed by atoms with Crippen LogP contribution in [0.2, 0.25) is 0 Å². The summed E-state index contributed by atoms with van der Waals surface area (Å²) >= 11 is 0. The van der Waals surface area contributed by atoms with Crippen molar-refractivity contribution in [3.63, 3.8) is 0 Å². The highest BCUT2D eigenvalue weighted by Crippen LogP contribution is 2.24. The van der Waals surface area contributed by atoms with Crippen LogP contribution in [-0.4, -0.2) is 58.6 Å². The lowest BCUT2D eigenvalue weighted by Crippen LogP contribution is -2.55. The van der Waals surface area contributed by atoms with E-state index >= 15 is 0 Å². The third kappa shape index (κ3) is 13.9. The molecule has 0 aliphatic rings. The molecule has 0 saturated heterocycles. The molecule has 0 aromatic carbocycles. The third-order valence-corrected chi connectivity index (χ3v) is 6.45. The molecule has 3 unspecified atom stereocenters. The smallest absolute Gasteiger partial charge is 0.223 e. The summed E-state index contributed by atoms with van der Waals surface area (Å²) in [5.41, 5.74) is -3.57. The second kappa shape index (κ2) is 13.7. The summed E-state index contributed by atoms with van der Waals surface area (Å²) in [7, 11) is 0. The van der Waals surface area contributed by atoms with Crippen molar-refractivity contribution in [2.24, 2.45) is 21.7 Å². The fourth-order valence-electron chi connectivity index (χ4n) is 4.09. The molecule has 0 aliphatic heterocycles. The number of hydrogen-bond acceptors (Lipinski definition) is 7. The van der Waals surface area contributed by atoms with Crippen LogP contribution in [0.15, 0.2) is 0 Å². The number of ketones is 4. The lowest BCUT2D eigenvalue weighted by molar-refractivity contribution is -0.138. The van der Waals surface area contributed by atoms with Gasteiger partial charge in [0.05, 0.1) is 24.5 Å². The van der Waals surface area contributed by atoms with Crippen LogP contribution in [0.5, 0.6) is 0 Å². The van der Waals surface area contributed by atoms with Crippen molar-refractivity contribution in [2.75, 3.05) is 0 Å². The SMILES string of the molecule is CC(C)(C)NC(CC(=O)NC(CC(=O)NC(CC(=O)C(C)(C)C)C(=O)C(C)(C)C)C(=O)C(C)(C)C)C(=O)C(C)(C)C. The fourth-order valence-corrected chi connectivity index (χ4v) is 4.09. The zero-order valence-electron chi connectivity index (χ0n) is 28.3. The standard InChI is InChI=1S/C32H57N3O6/c1-28(2,3)22(36)16-19(25(39)29(4,5)6)33-23(37)17-20(26(40)30(7,8)9)34-24(38)18-21(35-32(13,14)15)27(41)31(10,11)12/h19-21,35H,16-18H2,1-15H3,(H,33,37)(H,34,38). The van der Waals surface area contributed by atoms with Crippen molar-refractivity contribution in [1.29, 1.82) is 0 Å². The second-order valence-corrected chi connectivity index (χ2v) is 16.3. The van der Waals surface area contributed by atoms with Gasteiger partial charge >= 0.3 is 0 Å². The topological polar surface area (TPSA) is 139 Å². The maximum absolute atomic E-state index is 13.3. The molecule has 0 heterocycles. The fraction of sp³-hybridized carbons (Fsp3) is 0.812. The molecule has 0 fully saturated rings. The maximum atomic E-state index is 13.3. The zero-order valence-corrected chi connectivity index (χ0v) is 28.3. The molecule has 0 spiro atoms. The quantitative estimate of drug-likeness (QED) is 0.313. The van der Waals surface area contributed by atoms with E-state index in [2.05, 4.69) is 16.0 Å². The Morgan fingerprint density at radius 3 is 1.02 bits per heavy atom. The normalized spacial score (nSPS) is 15.4. The molecule has 0 aromatic rings. The lowest BCUT2D eigenvalue weighted by atomic mass is 9.80. The van der Waals surface area contributed by atoms with Crippen molar-refractivity contribution < 1.29 is 28.8 Å². The average Bonchev–Trinajstić information content (AvgIpc) is 2.72. The van der Waals surface area contributed by atoms with Crippen LogP contribution in [0.25, 0.3) is 0 Å². The molecule has 0 bridgehead atoms. The van der Waals surface area contributed by atoms with E-state index in [1.165, 1.54) is 0 Å². The number of rotatable bonds is 12. The predicted molar refractivity (Wildman–Crippen MR) is 162 cm³/mol. The number of nitrogens with one attached hydrogen (secondary N) is 3. The van der Waals surface area contributed by atoms with Crippen LogP contribution in [0.4, 0.5) is 0 Å². The minimum Gasteiger partial charge on any atom is -0.346 e. The highest BCUT2D eigenvalue weighted by molar-refractivity contribution is 6.00. The van der Waals surface area contributed by atoms with E-state index in [0.717, 1.165) is 0 Å². The van der Waals surface area contributed by atoms with Crippen LogP contribution in [0.1, 0.15) is 123 Å². The number of amides is 2. The summed E-state index contributed by atoms with van der Waals surface area (Å²) in [6.45, 7) is 26.4. The first-order chi connectivity index (χ1) is 18.0. The molecule has 0 radical (unpaired) electrons. The molecule has 9 heteroatoms. The number of carbonyl (C=O) groups excluding carboxylic acids is 6. The van der Waals surface area contributed by atoms with Gasteiger partial charge in [-0.25, -0.2) is 0 Å². The molecule has 236 valence electrons. The van der Waals surface area contributed by atoms with E-state index in [0.29, 0.717) is 0 Å². The summed E-state index contributed by atoms with van der Waals surface area (Å²) in [6.07, 6.45) is -0.803. The summed E-state index contributed by atoms with van der Waals surface area (Å²) in [4.78, 5) is 78.9. The Bertz CT molecular complexity index is 995. The second-order valence-electron chi connectivity index (χ2n) is 16.3. The Hall–Kier alpha value is -2.42. The van der Waals surface area contributed by atoms with E-state index in [1.807, 2.05) is 20.8 Å². The third-order valence-electron chi connectivity index (χ3n) is 6.45. The molecule has 2 amide bonds. The van der Waals surface area contributed by atoms with Gasteiger partial charge in [-0.2, -0.15) is 0 Å². The summed E-state index contributed by atoms with van der Waals surface area (Å²) < 4.78 is 0. The molecule has 41 heavy (non-hydrogen) atoms. The van der Waals surface area contributed by atoms with Crippen LogP contribution < -0.4 is 16.0 Å². The minimum atomic E-state index is -1.19. The molecule has 3 N–H and O–H groups in total. The Morgan fingerprint density at radius 2 is 0.732 bits per heavy atom. The molecular weight excluding hydrogens is 522 g/mol. The Labute approximate surface area is 248 Å². The molecule has 0 rings (SSSR count). The number of Topliss-reactive ketones (excluding diaryl/α,β-unsaturated/α-hetero) is 4. The molecular formula is C32H57N3O6. The van der Waals surface area contributed by atoms with Gasteiger partial charge in [-0.1, -0.05) is 83.1 Å². The zero-order chi connectivity index (χ0) is 32.9. The Morgan fingerprint density at radius 1 is 0.439 bits per heavy atom. The largest absolute Gasteiger partial charge is 0.346 e. The van der Waals surface area contributed by atoms with Crippen LogP contribution in [0, 0.1) is 21.7 Å². The minimum absolute atomic E-state index is 0.147. The molecule has 0 saturated carbocycles. The number of hydrogen-bond donors (Lipinski definition) is 3. The summed E-state index contributed by atoms with van der Waals surface area (Å²) in [6, 6.07) is -3.06. The van der Waals surface area contributed by atoms with Crippen molar-refractivity contribution in [2.45, 2.75) is 147 Å². The van der Waals surface area contributed by atoms with E-state index in [9.17, 15) is 28.8 Å². The van der Waals surface area contributed by atoms with Crippen LogP contribution >= 0.6 is 0 Å². The van der Waals surface area contributed by atoms with Gasteiger partial charge in [-0.15, -0.1) is 0 Å². The number of carbonyl (C=O) groups is 6. The van der Waals surface area contributed by atoms with Gasteiger partial charge in [0, 0.05) is 40.0 Å². The lowest BCUT2D eigenvalue weighted by Gasteiger charge is -2.32. The highest BCUT2D eigenvalue weighted by atomic mass is 16.2. The maximum Gasteiger partial charge on any atom is 0.223 e. The first-order valence-corrected chi connectivity index (χ1v) is 14.5. The highest BCUT2D eigenvalue weighted by Gasteiger charge is 2.38. The van der Waals surface area contributed by atoms with E-state index < -0.39 is 63.6 Å². The predicted octanol–water partition coefficient (Wildman–Crippen LogP) is 4.34. The Kier molecular flexibility index (Phi) is 12.9. The van der Waals surface area contributed by atoms with Gasteiger partial charge < -0.3 is 16.0 Å². The molecule has 0 aromatic heterocycles.